The summed E-state index contributed by atoms with van der Waals surface area (Å²) in [6.45, 7) is 1.31. The van der Waals surface area contributed by atoms with Gasteiger partial charge < -0.3 is 4.74 Å². The molecule has 3 aromatic heterocycles. The number of rotatable bonds is 5. The molecule has 4 aromatic rings. The number of thiophene rings is 1. The predicted molar refractivity (Wildman–Crippen MR) is 122 cm³/mol. The van der Waals surface area contributed by atoms with E-state index in [9.17, 15) is 4.79 Å². The highest BCUT2D eigenvalue weighted by Gasteiger charge is 2.22. The maximum atomic E-state index is 13.4. The van der Waals surface area contributed by atoms with Gasteiger partial charge in [-0.25, -0.2) is 9.97 Å². The second kappa shape index (κ2) is 8.18. The lowest BCUT2D eigenvalue weighted by atomic mass is 10.2. The Morgan fingerprint density at radius 1 is 1.31 bits per heavy atom. The second-order valence-electron chi connectivity index (χ2n) is 7.00. The average molecular weight is 488 g/mol. The van der Waals surface area contributed by atoms with Gasteiger partial charge in [0.25, 0.3) is 5.56 Å². The van der Waals surface area contributed by atoms with Crippen molar-refractivity contribution in [2.75, 3.05) is 6.61 Å². The molecule has 5 nitrogen and oxygen atoms in total. The zero-order valence-electron chi connectivity index (χ0n) is 15.5. The Morgan fingerprint density at radius 3 is 3.07 bits per heavy atom. The Kier molecular flexibility index (Phi) is 5.43. The van der Waals surface area contributed by atoms with E-state index in [1.165, 1.54) is 16.9 Å². The van der Waals surface area contributed by atoms with Gasteiger partial charge in [0.1, 0.15) is 9.53 Å². The van der Waals surface area contributed by atoms with Gasteiger partial charge in [0.05, 0.1) is 18.2 Å². The smallest absolute Gasteiger partial charge is 0.272 e. The molecule has 0 spiro atoms. The highest BCUT2D eigenvalue weighted by Crippen LogP contribution is 2.32. The number of hydrogen-bond donors (Lipinski definition) is 0. The van der Waals surface area contributed by atoms with Crippen LogP contribution in [-0.4, -0.2) is 27.2 Å². The zero-order chi connectivity index (χ0) is 19.8. The van der Waals surface area contributed by atoms with E-state index in [4.69, 9.17) is 9.72 Å². The van der Waals surface area contributed by atoms with Crippen molar-refractivity contribution in [1.29, 1.82) is 0 Å². The summed E-state index contributed by atoms with van der Waals surface area (Å²) in [5.41, 5.74) is 1.94. The summed E-state index contributed by atoms with van der Waals surface area (Å²) in [5.74, 6) is 0.739. The number of thioether (sulfide) groups is 1. The molecule has 0 unspecified atom stereocenters. The molecule has 1 aliphatic rings. The summed E-state index contributed by atoms with van der Waals surface area (Å²) in [5, 5.41) is 1.68. The van der Waals surface area contributed by atoms with E-state index >= 15 is 0 Å². The van der Waals surface area contributed by atoms with Gasteiger partial charge >= 0.3 is 0 Å². The SMILES string of the molecule is O=c1c2sc3ncccc3c2nc(SCc2cccc(Br)c2)n1C[C@H]1CCCO1. The van der Waals surface area contributed by atoms with E-state index in [1.54, 1.807) is 22.5 Å². The Hall–Kier alpha value is -1.74. The molecule has 8 heteroatoms. The van der Waals surface area contributed by atoms with Crippen LogP contribution in [0.1, 0.15) is 18.4 Å². The molecule has 0 radical (unpaired) electrons. The van der Waals surface area contributed by atoms with E-state index in [2.05, 4.69) is 33.0 Å². The number of fused-ring (bicyclic) bond motifs is 3. The van der Waals surface area contributed by atoms with Crippen LogP contribution < -0.4 is 5.56 Å². The normalized spacial score (nSPS) is 16.8. The molecule has 5 rings (SSSR count). The van der Waals surface area contributed by atoms with Crippen LogP contribution in [0.4, 0.5) is 0 Å². The fourth-order valence-corrected chi connectivity index (χ4v) is 6.00. The van der Waals surface area contributed by atoms with Crippen molar-refractivity contribution in [1.82, 2.24) is 14.5 Å². The zero-order valence-corrected chi connectivity index (χ0v) is 18.7. The highest BCUT2D eigenvalue weighted by atomic mass is 79.9. The maximum absolute atomic E-state index is 13.4. The molecular formula is C21H18BrN3O2S2. The van der Waals surface area contributed by atoms with Crippen molar-refractivity contribution >= 4 is 59.5 Å². The number of benzene rings is 1. The van der Waals surface area contributed by atoms with Gasteiger partial charge in [-0.1, -0.05) is 39.8 Å². The van der Waals surface area contributed by atoms with Gasteiger partial charge in [-0.15, -0.1) is 11.3 Å². The van der Waals surface area contributed by atoms with Crippen molar-refractivity contribution in [3.63, 3.8) is 0 Å². The molecular weight excluding hydrogens is 470 g/mol. The van der Waals surface area contributed by atoms with Crippen LogP contribution in [0.25, 0.3) is 20.4 Å². The predicted octanol–water partition coefficient (Wildman–Crippen LogP) is 5.24. The summed E-state index contributed by atoms with van der Waals surface area (Å²) in [6, 6.07) is 12.1. The third-order valence-corrected chi connectivity index (χ3v) is 7.62. The molecule has 0 aliphatic carbocycles. The monoisotopic (exact) mass is 487 g/mol. The van der Waals surface area contributed by atoms with Crippen LogP contribution in [0.15, 0.2) is 57.0 Å². The molecule has 1 atom stereocenters. The summed E-state index contributed by atoms with van der Waals surface area (Å²) < 4.78 is 9.32. The van der Waals surface area contributed by atoms with E-state index in [-0.39, 0.29) is 11.7 Å². The lowest BCUT2D eigenvalue weighted by Gasteiger charge is -2.15. The number of nitrogens with zero attached hydrogens (tertiary/aromatic N) is 3. The first kappa shape index (κ1) is 19.2. The number of ether oxygens (including phenoxy) is 1. The first-order chi connectivity index (χ1) is 14.2. The molecule has 1 aliphatic heterocycles. The van der Waals surface area contributed by atoms with Crippen LogP contribution in [0.3, 0.4) is 0 Å². The number of aromatic nitrogens is 3. The third kappa shape index (κ3) is 3.86. The van der Waals surface area contributed by atoms with Crippen LogP contribution in [0.5, 0.6) is 0 Å². The molecule has 1 fully saturated rings. The number of halogens is 1. The Labute approximate surface area is 184 Å². The summed E-state index contributed by atoms with van der Waals surface area (Å²) in [6.07, 6.45) is 3.85. The van der Waals surface area contributed by atoms with E-state index in [0.717, 1.165) is 50.6 Å². The summed E-state index contributed by atoms with van der Waals surface area (Å²) in [7, 11) is 0. The van der Waals surface area contributed by atoms with Crippen LogP contribution in [-0.2, 0) is 17.0 Å². The van der Waals surface area contributed by atoms with Gasteiger partial charge in [0.2, 0.25) is 0 Å². The number of hydrogen-bond acceptors (Lipinski definition) is 6. The van der Waals surface area contributed by atoms with Crippen LogP contribution in [0, 0.1) is 0 Å². The van der Waals surface area contributed by atoms with E-state index < -0.39 is 0 Å². The van der Waals surface area contributed by atoms with Crippen LogP contribution in [0.2, 0.25) is 0 Å². The molecule has 0 N–H and O–H groups in total. The molecule has 1 saturated heterocycles. The minimum Gasteiger partial charge on any atom is -0.376 e. The van der Waals surface area contributed by atoms with Crippen molar-refractivity contribution in [3.05, 3.63) is 63.0 Å². The molecule has 29 heavy (non-hydrogen) atoms. The van der Waals surface area contributed by atoms with Gasteiger partial charge in [0, 0.05) is 28.4 Å². The average Bonchev–Trinajstić information content (AvgIpc) is 3.37. The third-order valence-electron chi connectivity index (χ3n) is 4.98. The largest absolute Gasteiger partial charge is 0.376 e. The summed E-state index contributed by atoms with van der Waals surface area (Å²) >= 11 is 6.54. The molecule has 4 heterocycles. The first-order valence-electron chi connectivity index (χ1n) is 9.46. The molecule has 148 valence electrons. The lowest BCUT2D eigenvalue weighted by molar-refractivity contribution is 0.0938. The Balaban J connectivity index is 1.60. The van der Waals surface area contributed by atoms with Crippen molar-refractivity contribution in [2.24, 2.45) is 0 Å². The quantitative estimate of drug-likeness (QED) is 0.284. The minimum atomic E-state index is 0.00485. The lowest BCUT2D eigenvalue weighted by Crippen LogP contribution is -2.28. The minimum absolute atomic E-state index is 0.00485. The Bertz CT molecular complexity index is 1250. The molecule has 0 saturated carbocycles. The standard InChI is InChI=1S/C21H18BrN3O2S2/c22-14-5-1-4-13(10-14)12-28-21-24-17-16-7-2-8-23-19(16)29-18(17)20(26)25(21)11-15-6-3-9-27-15/h1-2,4-5,7-8,10,15H,3,6,9,11-12H2/t15-/m1/s1. The summed E-state index contributed by atoms with van der Waals surface area (Å²) in [4.78, 5) is 23.6. The molecule has 0 amide bonds. The van der Waals surface area contributed by atoms with Crippen molar-refractivity contribution < 1.29 is 4.74 Å². The molecule has 1 aromatic carbocycles. The van der Waals surface area contributed by atoms with E-state index in [0.29, 0.717) is 11.2 Å². The van der Waals surface area contributed by atoms with Crippen molar-refractivity contribution in [2.45, 2.75) is 36.4 Å². The first-order valence-corrected chi connectivity index (χ1v) is 12.1. The maximum Gasteiger partial charge on any atom is 0.272 e. The fraction of sp³-hybridized carbons (Fsp3) is 0.286. The van der Waals surface area contributed by atoms with Gasteiger partial charge in [-0.3, -0.25) is 9.36 Å². The van der Waals surface area contributed by atoms with Crippen molar-refractivity contribution in [3.8, 4) is 0 Å². The fourth-order valence-electron chi connectivity index (χ4n) is 3.58. The van der Waals surface area contributed by atoms with Gasteiger partial charge in [0.15, 0.2) is 5.16 Å². The van der Waals surface area contributed by atoms with Gasteiger partial charge in [-0.05, 0) is 42.7 Å². The molecule has 0 bridgehead atoms. The second-order valence-corrected chi connectivity index (χ2v) is 9.86. The topological polar surface area (TPSA) is 57.0 Å². The highest BCUT2D eigenvalue weighted by molar-refractivity contribution is 9.10. The van der Waals surface area contributed by atoms with Crippen LogP contribution >= 0.6 is 39.0 Å². The number of pyridine rings is 1. The van der Waals surface area contributed by atoms with E-state index in [1.807, 2.05) is 24.3 Å². The van der Waals surface area contributed by atoms with Gasteiger partial charge in [-0.2, -0.15) is 0 Å². The Morgan fingerprint density at radius 2 is 2.24 bits per heavy atom.